The molecule has 0 aromatic carbocycles. The fourth-order valence-electron chi connectivity index (χ4n) is 2.74. The number of hydrogen-bond acceptors (Lipinski definition) is 2. The van der Waals surface area contributed by atoms with Crippen LogP contribution in [0.25, 0.3) is 0 Å². The van der Waals surface area contributed by atoms with E-state index in [4.69, 9.17) is 4.74 Å². The third-order valence-electron chi connectivity index (χ3n) is 3.59. The van der Waals surface area contributed by atoms with Crippen LogP contribution < -0.4 is 0 Å². The Morgan fingerprint density at radius 2 is 2.23 bits per heavy atom. The topological polar surface area (TPSA) is 12.5 Å². The Bertz CT molecular complexity index is 193. The molecule has 0 saturated carbocycles. The van der Waals surface area contributed by atoms with E-state index in [0.717, 1.165) is 6.61 Å². The Balaban J connectivity index is 1.97. The maximum absolute atomic E-state index is 5.69. The summed E-state index contributed by atoms with van der Waals surface area (Å²) in [5.41, 5.74) is 0.518. The van der Waals surface area contributed by atoms with E-state index in [1.54, 1.807) is 0 Å². The highest BCUT2D eigenvalue weighted by atomic mass is 16.5. The summed E-state index contributed by atoms with van der Waals surface area (Å²) in [6.07, 6.45) is 3.11. The van der Waals surface area contributed by atoms with Gasteiger partial charge in [0.05, 0.1) is 12.7 Å². The number of likely N-dealkylation sites (tertiary alicyclic amines) is 1. The van der Waals surface area contributed by atoms with Crippen LogP contribution in [0.5, 0.6) is 0 Å². The predicted molar refractivity (Wildman–Crippen MR) is 53.8 cm³/mol. The first-order valence-electron chi connectivity index (χ1n) is 5.47. The molecule has 2 nitrogen and oxygen atoms in total. The summed E-state index contributed by atoms with van der Waals surface area (Å²) in [7, 11) is 0. The number of nitrogens with zero attached hydrogens (tertiary/aromatic N) is 1. The molecule has 13 heavy (non-hydrogen) atoms. The summed E-state index contributed by atoms with van der Waals surface area (Å²) in [5, 5.41) is 0. The van der Waals surface area contributed by atoms with Crippen LogP contribution in [0.3, 0.4) is 0 Å². The predicted octanol–water partition coefficient (Wildman–Crippen LogP) is 1.90. The van der Waals surface area contributed by atoms with Gasteiger partial charge in [-0.1, -0.05) is 0 Å². The molecular formula is C11H21NO. The maximum Gasteiger partial charge on any atom is 0.0553 e. The highest BCUT2D eigenvalue weighted by Crippen LogP contribution is 2.41. The van der Waals surface area contributed by atoms with Gasteiger partial charge in [-0.25, -0.2) is 0 Å². The molecule has 0 radical (unpaired) electrons. The Morgan fingerprint density at radius 1 is 1.46 bits per heavy atom. The molecule has 2 atom stereocenters. The van der Waals surface area contributed by atoms with E-state index in [9.17, 15) is 0 Å². The molecule has 0 amide bonds. The summed E-state index contributed by atoms with van der Waals surface area (Å²) in [5.74, 6) is 0. The molecule has 2 unspecified atom stereocenters. The second kappa shape index (κ2) is 3.25. The SMILES string of the molecule is CC1CC2(CCN(C(C)C)C2)CO1. The molecule has 0 aromatic rings. The van der Waals surface area contributed by atoms with Crippen molar-refractivity contribution >= 4 is 0 Å². The van der Waals surface area contributed by atoms with Crippen LogP contribution in [0, 0.1) is 5.41 Å². The molecule has 2 aliphatic heterocycles. The zero-order valence-corrected chi connectivity index (χ0v) is 9.05. The molecule has 1 spiro atoms. The highest BCUT2D eigenvalue weighted by Gasteiger charge is 2.44. The summed E-state index contributed by atoms with van der Waals surface area (Å²) < 4.78 is 5.69. The molecule has 0 N–H and O–H groups in total. The van der Waals surface area contributed by atoms with Gasteiger partial charge in [0.25, 0.3) is 0 Å². The normalized spacial score (nSPS) is 41.1. The lowest BCUT2D eigenvalue weighted by Crippen LogP contribution is -2.32. The van der Waals surface area contributed by atoms with Crippen LogP contribution in [0.15, 0.2) is 0 Å². The molecule has 0 aliphatic carbocycles. The van der Waals surface area contributed by atoms with Gasteiger partial charge in [-0.2, -0.15) is 0 Å². The van der Waals surface area contributed by atoms with E-state index in [-0.39, 0.29) is 0 Å². The van der Waals surface area contributed by atoms with E-state index in [0.29, 0.717) is 17.6 Å². The Labute approximate surface area is 81.3 Å². The summed E-state index contributed by atoms with van der Waals surface area (Å²) in [4.78, 5) is 2.58. The zero-order valence-electron chi connectivity index (χ0n) is 9.05. The lowest BCUT2D eigenvalue weighted by molar-refractivity contribution is 0.105. The first kappa shape index (κ1) is 9.47. The minimum atomic E-state index is 0.493. The quantitative estimate of drug-likeness (QED) is 0.615. The van der Waals surface area contributed by atoms with Crippen LogP contribution in [0.2, 0.25) is 0 Å². The van der Waals surface area contributed by atoms with E-state index >= 15 is 0 Å². The van der Waals surface area contributed by atoms with Crippen molar-refractivity contribution < 1.29 is 4.74 Å². The van der Waals surface area contributed by atoms with Gasteiger partial charge in [0.15, 0.2) is 0 Å². The van der Waals surface area contributed by atoms with Crippen molar-refractivity contribution in [1.29, 1.82) is 0 Å². The average Bonchev–Trinajstić information content (AvgIpc) is 2.61. The van der Waals surface area contributed by atoms with Crippen molar-refractivity contribution in [3.63, 3.8) is 0 Å². The van der Waals surface area contributed by atoms with Crippen LogP contribution in [-0.2, 0) is 4.74 Å². The molecule has 2 heterocycles. The van der Waals surface area contributed by atoms with Gasteiger partial charge in [0.1, 0.15) is 0 Å². The third kappa shape index (κ3) is 1.75. The van der Waals surface area contributed by atoms with Crippen molar-refractivity contribution in [2.24, 2.45) is 5.41 Å². The monoisotopic (exact) mass is 183 g/mol. The smallest absolute Gasteiger partial charge is 0.0553 e. The van der Waals surface area contributed by atoms with Crippen molar-refractivity contribution in [2.45, 2.75) is 45.8 Å². The Hall–Kier alpha value is -0.0800. The van der Waals surface area contributed by atoms with Gasteiger partial charge in [-0.05, 0) is 40.2 Å². The van der Waals surface area contributed by atoms with E-state index < -0.39 is 0 Å². The van der Waals surface area contributed by atoms with Crippen LogP contribution in [0.4, 0.5) is 0 Å². The molecule has 0 bridgehead atoms. The molecule has 76 valence electrons. The van der Waals surface area contributed by atoms with Crippen LogP contribution in [-0.4, -0.2) is 36.7 Å². The van der Waals surface area contributed by atoms with Crippen LogP contribution in [0.1, 0.15) is 33.6 Å². The molecular weight excluding hydrogens is 162 g/mol. The number of rotatable bonds is 1. The van der Waals surface area contributed by atoms with E-state index in [1.807, 2.05) is 0 Å². The van der Waals surface area contributed by atoms with Gasteiger partial charge >= 0.3 is 0 Å². The van der Waals surface area contributed by atoms with Crippen molar-refractivity contribution in [3.8, 4) is 0 Å². The summed E-state index contributed by atoms with van der Waals surface area (Å²) >= 11 is 0. The van der Waals surface area contributed by atoms with Gasteiger partial charge in [-0.3, -0.25) is 0 Å². The van der Waals surface area contributed by atoms with Gasteiger partial charge < -0.3 is 9.64 Å². The molecule has 2 rings (SSSR count). The zero-order chi connectivity index (χ0) is 9.47. The fourth-order valence-corrected chi connectivity index (χ4v) is 2.74. The summed E-state index contributed by atoms with van der Waals surface area (Å²) in [6.45, 7) is 10.3. The lowest BCUT2D eigenvalue weighted by atomic mass is 9.85. The van der Waals surface area contributed by atoms with E-state index in [2.05, 4.69) is 25.7 Å². The molecule has 2 heteroatoms. The first-order valence-corrected chi connectivity index (χ1v) is 5.47. The van der Waals surface area contributed by atoms with Crippen molar-refractivity contribution in [1.82, 2.24) is 4.90 Å². The third-order valence-corrected chi connectivity index (χ3v) is 3.59. The van der Waals surface area contributed by atoms with Crippen LogP contribution >= 0.6 is 0 Å². The van der Waals surface area contributed by atoms with Gasteiger partial charge in [0, 0.05) is 18.0 Å². The molecule has 0 aromatic heterocycles. The highest BCUT2D eigenvalue weighted by molar-refractivity contribution is 4.95. The number of hydrogen-bond donors (Lipinski definition) is 0. The second-order valence-electron chi connectivity index (χ2n) is 5.14. The van der Waals surface area contributed by atoms with E-state index in [1.165, 1.54) is 25.9 Å². The van der Waals surface area contributed by atoms with Gasteiger partial charge in [-0.15, -0.1) is 0 Å². The van der Waals surface area contributed by atoms with Crippen molar-refractivity contribution in [3.05, 3.63) is 0 Å². The standard InChI is InChI=1S/C11H21NO/c1-9(2)12-5-4-11(7-12)6-10(3)13-8-11/h9-10H,4-8H2,1-3H3. The molecule has 2 aliphatic rings. The fraction of sp³-hybridized carbons (Fsp3) is 1.00. The maximum atomic E-state index is 5.69. The van der Waals surface area contributed by atoms with Crippen molar-refractivity contribution in [2.75, 3.05) is 19.7 Å². The summed E-state index contributed by atoms with van der Waals surface area (Å²) in [6, 6.07) is 0.704. The molecule has 2 saturated heterocycles. The molecule has 2 fully saturated rings. The minimum Gasteiger partial charge on any atom is -0.378 e. The lowest BCUT2D eigenvalue weighted by Gasteiger charge is -2.24. The largest absolute Gasteiger partial charge is 0.378 e. The second-order valence-corrected chi connectivity index (χ2v) is 5.14. The average molecular weight is 183 g/mol. The number of ether oxygens (including phenoxy) is 1. The minimum absolute atomic E-state index is 0.493. The Morgan fingerprint density at radius 3 is 2.69 bits per heavy atom. The first-order chi connectivity index (χ1) is 6.11. The van der Waals surface area contributed by atoms with Gasteiger partial charge in [0.2, 0.25) is 0 Å². The Kier molecular flexibility index (Phi) is 2.37.